The SMILES string of the molecule is CNC(=O)C(=N/OC)/C(C)=C\COc1ccn(-c2ccc(OC(F)F)cc2)n1. The van der Waals surface area contributed by atoms with Crippen molar-refractivity contribution in [3.05, 3.63) is 48.2 Å². The van der Waals surface area contributed by atoms with Crippen LogP contribution in [0.25, 0.3) is 5.69 Å². The van der Waals surface area contributed by atoms with Crippen LogP contribution in [0.15, 0.2) is 53.3 Å². The predicted octanol–water partition coefficient (Wildman–Crippen LogP) is 2.55. The average molecular weight is 394 g/mol. The molecule has 1 aromatic carbocycles. The maximum absolute atomic E-state index is 12.2. The molecule has 0 radical (unpaired) electrons. The summed E-state index contributed by atoms with van der Waals surface area (Å²) in [4.78, 5) is 16.4. The number of alkyl halides is 2. The van der Waals surface area contributed by atoms with Crippen molar-refractivity contribution in [2.75, 3.05) is 20.8 Å². The van der Waals surface area contributed by atoms with Crippen molar-refractivity contribution in [3.8, 4) is 17.3 Å². The molecule has 1 amide bonds. The van der Waals surface area contributed by atoms with Crippen LogP contribution < -0.4 is 14.8 Å². The molecule has 150 valence electrons. The molecule has 0 saturated carbocycles. The fourth-order valence-electron chi connectivity index (χ4n) is 2.16. The van der Waals surface area contributed by atoms with Crippen molar-refractivity contribution < 1.29 is 27.9 Å². The molecule has 8 nitrogen and oxygen atoms in total. The largest absolute Gasteiger partial charge is 0.472 e. The number of aromatic nitrogens is 2. The topological polar surface area (TPSA) is 87.0 Å². The van der Waals surface area contributed by atoms with Gasteiger partial charge in [-0.15, -0.1) is 5.10 Å². The lowest BCUT2D eigenvalue weighted by Gasteiger charge is -2.06. The molecule has 0 saturated heterocycles. The molecule has 0 fully saturated rings. The highest BCUT2D eigenvalue weighted by molar-refractivity contribution is 6.44. The zero-order valence-corrected chi connectivity index (χ0v) is 15.6. The van der Waals surface area contributed by atoms with Crippen molar-refractivity contribution in [1.82, 2.24) is 15.1 Å². The normalized spacial score (nSPS) is 12.1. The summed E-state index contributed by atoms with van der Waals surface area (Å²) in [6.45, 7) is -1.01. The number of halogens is 2. The van der Waals surface area contributed by atoms with Gasteiger partial charge in [0.15, 0.2) is 5.71 Å². The van der Waals surface area contributed by atoms with Gasteiger partial charge in [-0.3, -0.25) is 4.79 Å². The van der Waals surface area contributed by atoms with Gasteiger partial charge in [0.05, 0.1) is 5.69 Å². The minimum Gasteiger partial charge on any atom is -0.472 e. The molecular weight excluding hydrogens is 374 g/mol. The van der Waals surface area contributed by atoms with E-state index >= 15 is 0 Å². The predicted molar refractivity (Wildman–Crippen MR) is 98.0 cm³/mol. The van der Waals surface area contributed by atoms with Gasteiger partial charge in [-0.2, -0.15) is 8.78 Å². The van der Waals surface area contributed by atoms with Gasteiger partial charge in [-0.1, -0.05) is 5.16 Å². The molecule has 0 bridgehead atoms. The number of carbonyl (C=O) groups is 1. The maximum atomic E-state index is 12.2. The lowest BCUT2D eigenvalue weighted by molar-refractivity contribution is -0.114. The number of ether oxygens (including phenoxy) is 2. The summed E-state index contributed by atoms with van der Waals surface area (Å²) in [6, 6.07) is 7.68. The zero-order valence-electron chi connectivity index (χ0n) is 15.6. The fraction of sp³-hybridized carbons (Fsp3) is 0.278. The van der Waals surface area contributed by atoms with Gasteiger partial charge < -0.3 is 19.6 Å². The van der Waals surface area contributed by atoms with E-state index in [1.54, 1.807) is 37.4 Å². The molecule has 10 heteroatoms. The minimum absolute atomic E-state index is 0.0626. The van der Waals surface area contributed by atoms with Crippen molar-refractivity contribution in [2.45, 2.75) is 13.5 Å². The van der Waals surface area contributed by atoms with E-state index in [4.69, 9.17) is 4.74 Å². The Balaban J connectivity index is 1.99. The van der Waals surface area contributed by atoms with E-state index in [-0.39, 0.29) is 24.0 Å². The first kappa shape index (κ1) is 20.9. The number of amides is 1. The minimum atomic E-state index is -2.87. The van der Waals surface area contributed by atoms with Gasteiger partial charge in [0.1, 0.15) is 19.5 Å². The van der Waals surface area contributed by atoms with Gasteiger partial charge in [0.2, 0.25) is 5.88 Å². The number of hydrogen-bond acceptors (Lipinski definition) is 6. The molecule has 28 heavy (non-hydrogen) atoms. The maximum Gasteiger partial charge on any atom is 0.387 e. The van der Waals surface area contributed by atoms with Gasteiger partial charge in [-0.25, -0.2) is 4.68 Å². The van der Waals surface area contributed by atoms with Crippen LogP contribution in [-0.4, -0.2) is 48.8 Å². The van der Waals surface area contributed by atoms with Crippen molar-refractivity contribution >= 4 is 11.6 Å². The fourth-order valence-corrected chi connectivity index (χ4v) is 2.16. The molecule has 1 N–H and O–H groups in total. The van der Waals surface area contributed by atoms with Crippen LogP contribution in [0.1, 0.15) is 6.92 Å². The number of benzene rings is 1. The van der Waals surface area contributed by atoms with Crippen LogP contribution in [0.2, 0.25) is 0 Å². The molecular formula is C18H20F2N4O4. The number of carbonyl (C=O) groups excluding carboxylic acids is 1. The standard InChI is InChI=1S/C18H20F2N4O4/c1-12(16(23-26-3)17(25)21-2)9-11-27-15-8-10-24(22-15)13-4-6-14(7-5-13)28-18(19)20/h4-10,18H,11H2,1-3H3,(H,21,25)/b12-9-,23-16+. The average Bonchev–Trinajstić information content (AvgIpc) is 3.14. The molecule has 0 unspecified atom stereocenters. The quantitative estimate of drug-likeness (QED) is 0.522. The first-order valence-electron chi connectivity index (χ1n) is 8.18. The summed E-state index contributed by atoms with van der Waals surface area (Å²) >= 11 is 0. The summed E-state index contributed by atoms with van der Waals surface area (Å²) in [5.41, 5.74) is 1.37. The van der Waals surface area contributed by atoms with Crippen molar-refractivity contribution in [3.63, 3.8) is 0 Å². The number of rotatable bonds is 9. The Bertz CT molecular complexity index is 848. The van der Waals surface area contributed by atoms with Crippen molar-refractivity contribution in [2.24, 2.45) is 5.16 Å². The summed E-state index contributed by atoms with van der Waals surface area (Å²) in [5, 5.41) is 10.4. The van der Waals surface area contributed by atoms with E-state index in [9.17, 15) is 13.6 Å². The summed E-state index contributed by atoms with van der Waals surface area (Å²) < 4.78 is 35.7. The Kier molecular flexibility index (Phi) is 7.49. The molecule has 0 aliphatic carbocycles. The summed E-state index contributed by atoms with van der Waals surface area (Å²) in [5.74, 6) is 0.0360. The lowest BCUT2D eigenvalue weighted by atomic mass is 10.1. The van der Waals surface area contributed by atoms with Crippen LogP contribution in [0.3, 0.4) is 0 Å². The molecule has 2 rings (SSSR count). The van der Waals surface area contributed by atoms with Crippen molar-refractivity contribution in [1.29, 1.82) is 0 Å². The smallest absolute Gasteiger partial charge is 0.387 e. The third kappa shape index (κ3) is 5.79. The van der Waals surface area contributed by atoms with Gasteiger partial charge in [-0.05, 0) is 42.8 Å². The second-order valence-electron chi connectivity index (χ2n) is 5.37. The third-order valence-corrected chi connectivity index (χ3v) is 3.51. The van der Waals surface area contributed by atoms with E-state index in [1.807, 2.05) is 0 Å². The second kappa shape index (κ2) is 10.0. The Morgan fingerprint density at radius 2 is 2.04 bits per heavy atom. The monoisotopic (exact) mass is 394 g/mol. The highest BCUT2D eigenvalue weighted by atomic mass is 19.3. The molecule has 0 aliphatic rings. The van der Waals surface area contributed by atoms with E-state index in [0.717, 1.165) is 0 Å². The number of nitrogens with one attached hydrogen (secondary N) is 1. The Morgan fingerprint density at radius 1 is 1.32 bits per heavy atom. The van der Waals surface area contributed by atoms with Crippen LogP contribution in [-0.2, 0) is 9.63 Å². The van der Waals surface area contributed by atoms with Crippen LogP contribution >= 0.6 is 0 Å². The van der Waals surface area contributed by atoms with E-state index in [2.05, 4.69) is 25.1 Å². The van der Waals surface area contributed by atoms with E-state index in [1.165, 1.54) is 31.0 Å². The van der Waals surface area contributed by atoms with Gasteiger partial charge in [0, 0.05) is 19.3 Å². The molecule has 0 atom stereocenters. The molecule has 0 spiro atoms. The first-order valence-corrected chi connectivity index (χ1v) is 8.18. The Hall–Kier alpha value is -3.43. The summed E-state index contributed by atoms with van der Waals surface area (Å²) in [7, 11) is 2.85. The van der Waals surface area contributed by atoms with Crippen LogP contribution in [0.5, 0.6) is 11.6 Å². The molecule has 0 aliphatic heterocycles. The van der Waals surface area contributed by atoms with E-state index < -0.39 is 6.61 Å². The number of oxime groups is 1. The first-order chi connectivity index (χ1) is 13.4. The third-order valence-electron chi connectivity index (χ3n) is 3.51. The summed E-state index contributed by atoms with van der Waals surface area (Å²) in [6.07, 6.45) is 3.33. The van der Waals surface area contributed by atoms with Crippen LogP contribution in [0, 0.1) is 0 Å². The molecule has 2 aromatic rings. The second-order valence-corrected chi connectivity index (χ2v) is 5.37. The van der Waals surface area contributed by atoms with Gasteiger partial charge in [0.25, 0.3) is 5.91 Å². The molecule has 1 heterocycles. The molecule has 1 aromatic heterocycles. The number of nitrogens with zero attached hydrogens (tertiary/aromatic N) is 3. The number of hydrogen-bond donors (Lipinski definition) is 1. The van der Waals surface area contributed by atoms with Crippen LogP contribution in [0.4, 0.5) is 8.78 Å². The van der Waals surface area contributed by atoms with E-state index in [0.29, 0.717) is 17.1 Å². The Morgan fingerprint density at radius 3 is 2.64 bits per heavy atom. The van der Waals surface area contributed by atoms with Gasteiger partial charge >= 0.3 is 6.61 Å². The lowest BCUT2D eigenvalue weighted by Crippen LogP contribution is -2.28. The highest BCUT2D eigenvalue weighted by Crippen LogP contribution is 2.18. The highest BCUT2D eigenvalue weighted by Gasteiger charge is 2.12. The zero-order chi connectivity index (χ0) is 20.5. The Labute approximate surface area is 160 Å².